The third-order valence-electron chi connectivity index (χ3n) is 2.78. The van der Waals surface area contributed by atoms with Crippen molar-refractivity contribution in [1.82, 2.24) is 4.90 Å². The van der Waals surface area contributed by atoms with E-state index in [0.29, 0.717) is 43.3 Å². The van der Waals surface area contributed by atoms with Crippen molar-refractivity contribution < 1.29 is 14.3 Å². The number of morpholine rings is 1. The normalized spacial score (nSPS) is 15.7. The SMILES string of the molecule is COc1cc(C(=O)N2CCOCC2)ccc1N. The van der Waals surface area contributed by atoms with Crippen LogP contribution in [0.25, 0.3) is 0 Å². The molecule has 1 heterocycles. The summed E-state index contributed by atoms with van der Waals surface area (Å²) >= 11 is 0. The Morgan fingerprint density at radius 2 is 2.12 bits per heavy atom. The van der Waals surface area contributed by atoms with Gasteiger partial charge in [-0.3, -0.25) is 4.79 Å². The van der Waals surface area contributed by atoms with Crippen LogP contribution in [0.4, 0.5) is 5.69 Å². The lowest BCUT2D eigenvalue weighted by Crippen LogP contribution is -2.40. The van der Waals surface area contributed by atoms with Crippen LogP contribution in [-0.4, -0.2) is 44.2 Å². The van der Waals surface area contributed by atoms with Gasteiger partial charge in [-0.15, -0.1) is 0 Å². The molecule has 0 bridgehead atoms. The van der Waals surface area contributed by atoms with E-state index in [1.165, 1.54) is 7.11 Å². The molecule has 1 saturated heterocycles. The first-order valence-electron chi connectivity index (χ1n) is 5.53. The van der Waals surface area contributed by atoms with Crippen LogP contribution in [0.15, 0.2) is 18.2 Å². The van der Waals surface area contributed by atoms with Gasteiger partial charge in [0.2, 0.25) is 0 Å². The highest BCUT2D eigenvalue weighted by atomic mass is 16.5. The smallest absolute Gasteiger partial charge is 0.254 e. The Hall–Kier alpha value is -1.75. The second-order valence-corrected chi connectivity index (χ2v) is 3.86. The Morgan fingerprint density at radius 3 is 2.76 bits per heavy atom. The predicted octanol–water partition coefficient (Wildman–Crippen LogP) is 0.750. The van der Waals surface area contributed by atoms with Gasteiger partial charge >= 0.3 is 0 Å². The molecule has 1 aliphatic rings. The van der Waals surface area contributed by atoms with Crippen LogP contribution in [0, 0.1) is 0 Å². The van der Waals surface area contributed by atoms with Crippen molar-refractivity contribution >= 4 is 11.6 Å². The molecule has 0 aliphatic carbocycles. The van der Waals surface area contributed by atoms with Crippen molar-refractivity contribution in [2.24, 2.45) is 0 Å². The van der Waals surface area contributed by atoms with Crippen molar-refractivity contribution in [2.45, 2.75) is 0 Å². The Bertz CT molecular complexity index is 414. The summed E-state index contributed by atoms with van der Waals surface area (Å²) in [5.41, 5.74) is 6.84. The third kappa shape index (κ3) is 2.50. The summed E-state index contributed by atoms with van der Waals surface area (Å²) in [5, 5.41) is 0. The topological polar surface area (TPSA) is 64.8 Å². The number of hydrogen-bond donors (Lipinski definition) is 1. The number of nitrogens with zero attached hydrogens (tertiary/aromatic N) is 1. The van der Waals surface area contributed by atoms with Gasteiger partial charge in [0.1, 0.15) is 5.75 Å². The maximum atomic E-state index is 12.2. The highest BCUT2D eigenvalue weighted by Crippen LogP contribution is 2.23. The maximum absolute atomic E-state index is 12.2. The van der Waals surface area contributed by atoms with Gasteiger partial charge in [0.15, 0.2) is 0 Å². The van der Waals surface area contributed by atoms with Gasteiger partial charge in [-0.05, 0) is 18.2 Å². The zero-order chi connectivity index (χ0) is 12.3. The monoisotopic (exact) mass is 236 g/mol. The number of carbonyl (C=O) groups excluding carboxylic acids is 1. The molecule has 1 aliphatic heterocycles. The fraction of sp³-hybridized carbons (Fsp3) is 0.417. The van der Waals surface area contributed by atoms with Gasteiger partial charge in [0.25, 0.3) is 5.91 Å². The number of hydrogen-bond acceptors (Lipinski definition) is 4. The summed E-state index contributed by atoms with van der Waals surface area (Å²) in [4.78, 5) is 13.9. The van der Waals surface area contributed by atoms with Gasteiger partial charge in [-0.2, -0.15) is 0 Å². The number of rotatable bonds is 2. The third-order valence-corrected chi connectivity index (χ3v) is 2.78. The summed E-state index contributed by atoms with van der Waals surface area (Å²) in [6.07, 6.45) is 0. The lowest BCUT2D eigenvalue weighted by Gasteiger charge is -2.27. The largest absolute Gasteiger partial charge is 0.495 e. The average Bonchev–Trinajstić information content (AvgIpc) is 2.39. The zero-order valence-electron chi connectivity index (χ0n) is 9.81. The molecule has 0 spiro atoms. The van der Waals surface area contributed by atoms with Crippen molar-refractivity contribution in [3.63, 3.8) is 0 Å². The van der Waals surface area contributed by atoms with E-state index in [-0.39, 0.29) is 5.91 Å². The molecular weight excluding hydrogens is 220 g/mol. The van der Waals surface area contributed by atoms with Crippen LogP contribution in [0.3, 0.4) is 0 Å². The number of anilines is 1. The molecule has 92 valence electrons. The van der Waals surface area contributed by atoms with Gasteiger partial charge in [0, 0.05) is 18.7 Å². The van der Waals surface area contributed by atoms with Crippen LogP contribution >= 0.6 is 0 Å². The van der Waals surface area contributed by atoms with Crippen LogP contribution in [0.2, 0.25) is 0 Å². The highest BCUT2D eigenvalue weighted by Gasteiger charge is 2.19. The minimum Gasteiger partial charge on any atom is -0.495 e. The molecule has 17 heavy (non-hydrogen) atoms. The zero-order valence-corrected chi connectivity index (χ0v) is 9.81. The van der Waals surface area contributed by atoms with Crippen LogP contribution < -0.4 is 10.5 Å². The summed E-state index contributed by atoms with van der Waals surface area (Å²) in [5.74, 6) is 0.524. The van der Waals surface area contributed by atoms with E-state index in [1.54, 1.807) is 23.1 Å². The molecular formula is C12H16N2O3. The number of amides is 1. The lowest BCUT2D eigenvalue weighted by atomic mass is 10.1. The molecule has 1 fully saturated rings. The van der Waals surface area contributed by atoms with Gasteiger partial charge in [-0.25, -0.2) is 0 Å². The number of nitrogens with two attached hydrogens (primary N) is 1. The summed E-state index contributed by atoms with van der Waals surface area (Å²) in [7, 11) is 1.54. The van der Waals surface area contributed by atoms with Crippen molar-refractivity contribution in [2.75, 3.05) is 39.1 Å². The van der Waals surface area contributed by atoms with E-state index in [4.69, 9.17) is 15.2 Å². The molecule has 1 amide bonds. The minimum atomic E-state index is -0.00778. The van der Waals surface area contributed by atoms with Gasteiger partial charge in [0.05, 0.1) is 26.0 Å². The molecule has 0 aromatic heterocycles. The molecule has 2 rings (SSSR count). The Kier molecular flexibility index (Phi) is 3.49. The average molecular weight is 236 g/mol. The van der Waals surface area contributed by atoms with Crippen molar-refractivity contribution in [3.05, 3.63) is 23.8 Å². The van der Waals surface area contributed by atoms with Gasteiger partial charge in [-0.1, -0.05) is 0 Å². The molecule has 0 radical (unpaired) electrons. The van der Waals surface area contributed by atoms with Crippen molar-refractivity contribution in [1.29, 1.82) is 0 Å². The molecule has 0 saturated carbocycles. The van der Waals surface area contributed by atoms with Crippen molar-refractivity contribution in [3.8, 4) is 5.75 Å². The van der Waals surface area contributed by atoms with E-state index in [0.717, 1.165) is 0 Å². The fourth-order valence-corrected chi connectivity index (χ4v) is 1.79. The van der Waals surface area contributed by atoms with E-state index in [9.17, 15) is 4.79 Å². The molecule has 1 aromatic carbocycles. The number of carbonyl (C=O) groups is 1. The molecule has 1 aromatic rings. The highest BCUT2D eigenvalue weighted by molar-refractivity contribution is 5.95. The predicted molar refractivity (Wildman–Crippen MR) is 64.1 cm³/mol. The fourth-order valence-electron chi connectivity index (χ4n) is 1.79. The van der Waals surface area contributed by atoms with Crippen LogP contribution in [0.5, 0.6) is 5.75 Å². The summed E-state index contributed by atoms with van der Waals surface area (Å²) in [6, 6.07) is 5.08. The summed E-state index contributed by atoms with van der Waals surface area (Å²) in [6.45, 7) is 2.45. The van der Waals surface area contributed by atoms with E-state index in [1.807, 2.05) is 0 Å². The first-order valence-corrected chi connectivity index (χ1v) is 5.53. The summed E-state index contributed by atoms with van der Waals surface area (Å²) < 4.78 is 10.3. The molecule has 0 unspecified atom stereocenters. The van der Waals surface area contributed by atoms with Crippen LogP contribution in [0.1, 0.15) is 10.4 Å². The number of methoxy groups -OCH3 is 1. The van der Waals surface area contributed by atoms with E-state index >= 15 is 0 Å². The standard InChI is InChI=1S/C12H16N2O3/c1-16-11-8-9(2-3-10(11)13)12(15)14-4-6-17-7-5-14/h2-3,8H,4-7,13H2,1H3. The number of ether oxygens (including phenoxy) is 2. The Labute approximate surface area is 100 Å². The quantitative estimate of drug-likeness (QED) is 0.769. The number of nitrogen functional groups attached to an aromatic ring is 1. The maximum Gasteiger partial charge on any atom is 0.254 e. The van der Waals surface area contributed by atoms with Gasteiger partial charge < -0.3 is 20.1 Å². The second kappa shape index (κ2) is 5.05. The van der Waals surface area contributed by atoms with Crippen LogP contribution in [-0.2, 0) is 4.74 Å². The first-order chi connectivity index (χ1) is 8.22. The number of benzene rings is 1. The van der Waals surface area contributed by atoms with E-state index < -0.39 is 0 Å². The van der Waals surface area contributed by atoms with E-state index in [2.05, 4.69) is 0 Å². The second-order valence-electron chi connectivity index (χ2n) is 3.86. The lowest BCUT2D eigenvalue weighted by molar-refractivity contribution is 0.0302. The first kappa shape index (κ1) is 11.7. The molecule has 0 atom stereocenters. The Balaban J connectivity index is 2.18. The Morgan fingerprint density at radius 1 is 1.41 bits per heavy atom. The molecule has 5 heteroatoms. The molecule has 2 N–H and O–H groups in total. The minimum absolute atomic E-state index is 0.00778. The molecule has 5 nitrogen and oxygen atoms in total.